The lowest BCUT2D eigenvalue weighted by Crippen LogP contribution is -2.35. The summed E-state index contributed by atoms with van der Waals surface area (Å²) in [7, 11) is 0. The van der Waals surface area contributed by atoms with Gasteiger partial charge >= 0.3 is 0 Å². The summed E-state index contributed by atoms with van der Waals surface area (Å²) in [5, 5.41) is 6.77. The van der Waals surface area contributed by atoms with E-state index >= 15 is 0 Å². The molecule has 0 aliphatic carbocycles. The molecule has 6 nitrogen and oxygen atoms in total. The van der Waals surface area contributed by atoms with Crippen LogP contribution in [-0.4, -0.2) is 23.0 Å². The van der Waals surface area contributed by atoms with Crippen molar-refractivity contribution in [3.05, 3.63) is 82.7 Å². The number of fused-ring (bicyclic) bond motifs is 1. The highest BCUT2D eigenvalue weighted by molar-refractivity contribution is 6.07. The molecule has 2 aromatic carbocycles. The van der Waals surface area contributed by atoms with Gasteiger partial charge in [-0.25, -0.2) is 0 Å². The van der Waals surface area contributed by atoms with Gasteiger partial charge in [0.05, 0.1) is 0 Å². The molecule has 3 aromatic rings. The summed E-state index contributed by atoms with van der Waals surface area (Å²) in [5.74, 6) is 0.860. The molecule has 0 fully saturated rings. The van der Waals surface area contributed by atoms with Gasteiger partial charge in [0.2, 0.25) is 0 Å². The number of aromatic nitrogens is 1. The number of nitrogens with one attached hydrogen (secondary N) is 1. The fourth-order valence-electron chi connectivity index (χ4n) is 3.98. The summed E-state index contributed by atoms with van der Waals surface area (Å²) in [5.41, 5.74) is 3.93. The molecule has 160 valence electrons. The first-order valence-corrected chi connectivity index (χ1v) is 10.7. The average molecular weight is 418 g/mol. The number of anilines is 1. The van der Waals surface area contributed by atoms with E-state index in [2.05, 4.69) is 31.2 Å². The minimum atomic E-state index is -0.273. The van der Waals surface area contributed by atoms with Crippen LogP contribution in [0.5, 0.6) is 0 Å². The van der Waals surface area contributed by atoms with Crippen molar-refractivity contribution >= 4 is 17.5 Å². The highest BCUT2D eigenvalue weighted by Crippen LogP contribution is 2.34. The number of carbonyl (C=O) groups excluding carboxylic acids is 2. The van der Waals surface area contributed by atoms with Crippen LogP contribution in [0, 0.1) is 5.92 Å². The van der Waals surface area contributed by atoms with Crippen molar-refractivity contribution < 1.29 is 14.1 Å². The third-order valence-electron chi connectivity index (χ3n) is 5.46. The zero-order valence-corrected chi connectivity index (χ0v) is 18.1. The van der Waals surface area contributed by atoms with Gasteiger partial charge in [0.1, 0.15) is 5.76 Å². The maximum Gasteiger partial charge on any atom is 0.273 e. The first-order valence-electron chi connectivity index (χ1n) is 10.7. The molecular formula is C25H27N3O3. The van der Waals surface area contributed by atoms with Gasteiger partial charge in [-0.2, -0.15) is 0 Å². The molecule has 2 heterocycles. The maximum atomic E-state index is 13.1. The van der Waals surface area contributed by atoms with Gasteiger partial charge in [-0.1, -0.05) is 49.3 Å². The smallest absolute Gasteiger partial charge is 0.273 e. The largest absolute Gasteiger partial charge is 0.361 e. The van der Waals surface area contributed by atoms with Crippen LogP contribution in [0.4, 0.5) is 5.69 Å². The Morgan fingerprint density at radius 3 is 2.68 bits per heavy atom. The number of amides is 2. The Labute approximate surface area is 182 Å². The second-order valence-corrected chi connectivity index (χ2v) is 8.52. The molecule has 2 amide bonds. The molecule has 0 saturated carbocycles. The van der Waals surface area contributed by atoms with Crippen LogP contribution < -0.4 is 10.2 Å². The first kappa shape index (κ1) is 20.8. The van der Waals surface area contributed by atoms with E-state index in [9.17, 15) is 9.59 Å². The molecule has 0 saturated heterocycles. The Hall–Kier alpha value is -3.41. The molecule has 0 radical (unpaired) electrons. The van der Waals surface area contributed by atoms with E-state index in [0.717, 1.165) is 29.7 Å². The molecule has 31 heavy (non-hydrogen) atoms. The molecule has 1 aliphatic rings. The van der Waals surface area contributed by atoms with Gasteiger partial charge in [0.15, 0.2) is 5.69 Å². The lowest BCUT2D eigenvalue weighted by molar-refractivity contribution is 0.0940. The van der Waals surface area contributed by atoms with E-state index in [1.807, 2.05) is 53.4 Å². The summed E-state index contributed by atoms with van der Waals surface area (Å²) in [6.45, 7) is 6.58. The second kappa shape index (κ2) is 8.76. The molecule has 0 spiro atoms. The monoisotopic (exact) mass is 417 g/mol. The van der Waals surface area contributed by atoms with Crippen molar-refractivity contribution in [2.24, 2.45) is 5.92 Å². The zero-order valence-electron chi connectivity index (χ0n) is 18.1. The molecule has 6 heteroatoms. The Morgan fingerprint density at radius 2 is 1.94 bits per heavy atom. The number of nitrogens with zero attached hydrogens (tertiary/aromatic N) is 2. The topological polar surface area (TPSA) is 75.4 Å². The number of benzene rings is 2. The normalized spacial score (nSPS) is 15.2. The Morgan fingerprint density at radius 1 is 1.16 bits per heavy atom. The standard InChI is InChI=1S/C25H27N3O3/c1-16(2)11-21-14-22(27-31-21)24(29)26-15-18-9-10-20-12-17(3)28(23(20)13-18)25(30)19-7-5-4-6-8-19/h4-10,13-14,16-17H,11-12,15H2,1-3H3,(H,26,29)/t17-/m0/s1. The third-order valence-corrected chi connectivity index (χ3v) is 5.46. The van der Waals surface area contributed by atoms with E-state index in [-0.39, 0.29) is 23.6 Å². The first-order chi connectivity index (χ1) is 14.9. The highest BCUT2D eigenvalue weighted by atomic mass is 16.5. The summed E-state index contributed by atoms with van der Waals surface area (Å²) in [4.78, 5) is 27.4. The van der Waals surface area contributed by atoms with Crippen LogP contribution in [-0.2, 0) is 19.4 Å². The predicted octanol–water partition coefficient (Wildman–Crippen LogP) is 4.39. The molecule has 0 bridgehead atoms. The van der Waals surface area contributed by atoms with Crippen LogP contribution in [0.25, 0.3) is 0 Å². The maximum absolute atomic E-state index is 13.1. The summed E-state index contributed by atoms with van der Waals surface area (Å²) < 4.78 is 5.25. The SMILES string of the molecule is CC(C)Cc1cc(C(=O)NCc2ccc3c(c2)N(C(=O)c2ccccc2)[C@@H](C)C3)no1. The van der Waals surface area contributed by atoms with E-state index in [1.54, 1.807) is 6.07 Å². The lowest BCUT2D eigenvalue weighted by Gasteiger charge is -2.23. The quantitative estimate of drug-likeness (QED) is 0.645. The number of carbonyl (C=O) groups is 2. The van der Waals surface area contributed by atoms with Gasteiger partial charge in [-0.3, -0.25) is 9.59 Å². The van der Waals surface area contributed by atoms with Gasteiger partial charge in [-0.05, 0) is 48.6 Å². The lowest BCUT2D eigenvalue weighted by atomic mass is 10.1. The summed E-state index contributed by atoms with van der Waals surface area (Å²) >= 11 is 0. The fraction of sp³-hybridized carbons (Fsp3) is 0.320. The molecule has 0 unspecified atom stereocenters. The minimum Gasteiger partial charge on any atom is -0.361 e. The summed E-state index contributed by atoms with van der Waals surface area (Å²) in [6, 6.07) is 17.1. The van der Waals surface area contributed by atoms with Crippen molar-refractivity contribution in [2.75, 3.05) is 4.90 Å². The number of hydrogen-bond acceptors (Lipinski definition) is 4. The van der Waals surface area contributed by atoms with Gasteiger partial charge < -0.3 is 14.7 Å². The minimum absolute atomic E-state index is 0.00619. The Bertz CT molecular complexity index is 1090. The van der Waals surface area contributed by atoms with E-state index in [1.165, 1.54) is 0 Å². The Balaban J connectivity index is 1.47. The van der Waals surface area contributed by atoms with Crippen LogP contribution >= 0.6 is 0 Å². The van der Waals surface area contributed by atoms with Gasteiger partial charge in [0.25, 0.3) is 11.8 Å². The molecule has 1 N–H and O–H groups in total. The predicted molar refractivity (Wildman–Crippen MR) is 119 cm³/mol. The van der Waals surface area contributed by atoms with Crippen molar-refractivity contribution in [2.45, 2.75) is 46.2 Å². The number of hydrogen-bond donors (Lipinski definition) is 1. The van der Waals surface area contributed by atoms with Crippen LogP contribution in [0.1, 0.15) is 58.5 Å². The molecule has 1 aromatic heterocycles. The fourth-order valence-corrected chi connectivity index (χ4v) is 3.98. The van der Waals surface area contributed by atoms with Crippen molar-refractivity contribution in [3.63, 3.8) is 0 Å². The average Bonchev–Trinajstić information content (AvgIpc) is 3.35. The molecule has 1 atom stereocenters. The van der Waals surface area contributed by atoms with E-state index < -0.39 is 0 Å². The van der Waals surface area contributed by atoms with Gasteiger partial charge in [0, 0.05) is 36.3 Å². The zero-order chi connectivity index (χ0) is 22.0. The summed E-state index contributed by atoms with van der Waals surface area (Å²) in [6.07, 6.45) is 1.56. The highest BCUT2D eigenvalue weighted by Gasteiger charge is 2.31. The van der Waals surface area contributed by atoms with Gasteiger partial charge in [-0.15, -0.1) is 0 Å². The molecule has 1 aliphatic heterocycles. The second-order valence-electron chi connectivity index (χ2n) is 8.52. The van der Waals surface area contributed by atoms with Crippen LogP contribution in [0.2, 0.25) is 0 Å². The Kier molecular flexibility index (Phi) is 5.89. The van der Waals surface area contributed by atoms with Crippen molar-refractivity contribution in [1.29, 1.82) is 0 Å². The van der Waals surface area contributed by atoms with Crippen LogP contribution in [0.15, 0.2) is 59.1 Å². The van der Waals surface area contributed by atoms with Crippen molar-refractivity contribution in [3.8, 4) is 0 Å². The third kappa shape index (κ3) is 4.53. The molecule has 4 rings (SSSR count). The van der Waals surface area contributed by atoms with E-state index in [4.69, 9.17) is 4.52 Å². The molecular weight excluding hydrogens is 390 g/mol. The van der Waals surface area contributed by atoms with E-state index in [0.29, 0.717) is 23.8 Å². The van der Waals surface area contributed by atoms with Crippen LogP contribution in [0.3, 0.4) is 0 Å². The number of rotatable bonds is 6. The van der Waals surface area contributed by atoms with Crippen molar-refractivity contribution in [1.82, 2.24) is 10.5 Å².